The van der Waals surface area contributed by atoms with Crippen LogP contribution in [0, 0.1) is 29.6 Å². The Hall–Kier alpha value is -0.0400. The van der Waals surface area contributed by atoms with Gasteiger partial charge in [-0.05, 0) is 55.4 Å². The Morgan fingerprint density at radius 3 is 1.83 bits per heavy atom. The highest BCUT2D eigenvalue weighted by Gasteiger charge is 2.23. The summed E-state index contributed by atoms with van der Waals surface area (Å²) in [6.45, 7) is 15.1. The van der Waals surface area contributed by atoms with Crippen molar-refractivity contribution >= 4 is 0 Å². The predicted molar refractivity (Wildman–Crippen MR) is 83.6 cm³/mol. The quantitative estimate of drug-likeness (QED) is 0.577. The first-order valence-electron chi connectivity index (χ1n) is 8.12. The molecule has 0 saturated carbocycles. The van der Waals surface area contributed by atoms with Crippen molar-refractivity contribution in [2.75, 3.05) is 6.54 Å². The molecule has 0 aliphatic carbocycles. The first-order valence-corrected chi connectivity index (χ1v) is 8.12. The molecular weight excluding hydrogens is 218 g/mol. The maximum atomic E-state index is 5.75. The summed E-state index contributed by atoms with van der Waals surface area (Å²) in [6.07, 6.45) is 6.68. The van der Waals surface area contributed by atoms with Crippen LogP contribution in [0.5, 0.6) is 0 Å². The molecule has 0 aromatic carbocycles. The molecule has 0 aliphatic rings. The zero-order valence-electron chi connectivity index (χ0n) is 13.7. The monoisotopic (exact) mass is 255 g/mol. The molecule has 0 aromatic rings. The summed E-state index contributed by atoms with van der Waals surface area (Å²) in [6, 6.07) is 0. The van der Waals surface area contributed by atoms with Gasteiger partial charge in [-0.1, -0.05) is 54.4 Å². The Labute approximate surface area is 116 Å². The van der Waals surface area contributed by atoms with E-state index >= 15 is 0 Å². The summed E-state index contributed by atoms with van der Waals surface area (Å²) in [5, 5.41) is 0. The smallest absolute Gasteiger partial charge is 0.00746 e. The lowest BCUT2D eigenvalue weighted by Crippen LogP contribution is -2.22. The Bertz CT molecular complexity index is 186. The molecule has 2 N–H and O–H groups in total. The van der Waals surface area contributed by atoms with E-state index in [1.165, 1.54) is 32.1 Å². The average molecular weight is 255 g/mol. The largest absolute Gasteiger partial charge is 0.330 e. The van der Waals surface area contributed by atoms with Crippen LogP contribution in [-0.2, 0) is 0 Å². The van der Waals surface area contributed by atoms with E-state index in [-0.39, 0.29) is 0 Å². The maximum Gasteiger partial charge on any atom is -0.00746 e. The summed E-state index contributed by atoms with van der Waals surface area (Å²) in [5.41, 5.74) is 5.75. The highest BCUT2D eigenvalue weighted by Crippen LogP contribution is 2.33. The third-order valence-electron chi connectivity index (χ3n) is 4.41. The molecule has 1 nitrogen and oxygen atoms in total. The van der Waals surface area contributed by atoms with E-state index in [4.69, 9.17) is 5.73 Å². The lowest BCUT2D eigenvalue weighted by atomic mass is 9.75. The van der Waals surface area contributed by atoms with Gasteiger partial charge in [0.25, 0.3) is 0 Å². The van der Waals surface area contributed by atoms with Crippen LogP contribution < -0.4 is 5.73 Å². The third-order valence-corrected chi connectivity index (χ3v) is 4.41. The Kier molecular flexibility index (Phi) is 9.81. The summed E-state index contributed by atoms with van der Waals surface area (Å²) in [4.78, 5) is 0. The molecule has 110 valence electrons. The van der Waals surface area contributed by atoms with Crippen LogP contribution in [0.2, 0.25) is 0 Å². The summed E-state index contributed by atoms with van der Waals surface area (Å²) < 4.78 is 0. The van der Waals surface area contributed by atoms with Crippen molar-refractivity contribution in [1.82, 2.24) is 0 Å². The molecule has 0 saturated heterocycles. The number of rotatable bonds is 10. The van der Waals surface area contributed by atoms with Crippen molar-refractivity contribution in [1.29, 1.82) is 0 Å². The molecule has 0 rings (SSSR count). The molecule has 0 heterocycles. The van der Waals surface area contributed by atoms with Gasteiger partial charge in [-0.15, -0.1) is 0 Å². The Balaban J connectivity index is 4.52. The molecular formula is C17H37N. The van der Waals surface area contributed by atoms with Gasteiger partial charge in [-0.2, -0.15) is 0 Å². The molecule has 0 spiro atoms. The van der Waals surface area contributed by atoms with Gasteiger partial charge in [0.2, 0.25) is 0 Å². The van der Waals surface area contributed by atoms with Crippen molar-refractivity contribution in [3.63, 3.8) is 0 Å². The van der Waals surface area contributed by atoms with E-state index in [1.807, 2.05) is 0 Å². The van der Waals surface area contributed by atoms with Gasteiger partial charge in [0.1, 0.15) is 0 Å². The van der Waals surface area contributed by atoms with E-state index in [0.717, 1.165) is 36.1 Å². The molecule has 18 heavy (non-hydrogen) atoms. The molecule has 1 heteroatoms. The minimum absolute atomic E-state index is 0.788. The third kappa shape index (κ3) is 7.41. The van der Waals surface area contributed by atoms with Gasteiger partial charge in [0, 0.05) is 0 Å². The lowest BCUT2D eigenvalue weighted by Gasteiger charge is -2.31. The molecule has 0 aromatic heterocycles. The Morgan fingerprint density at radius 2 is 1.44 bits per heavy atom. The number of hydrogen-bond acceptors (Lipinski definition) is 1. The SMILES string of the molecule is CCCC(CC(CC(C)C)C(C)CCN)C(C)C. The van der Waals surface area contributed by atoms with Crippen molar-refractivity contribution < 1.29 is 0 Å². The average Bonchev–Trinajstić information content (AvgIpc) is 2.26. The predicted octanol–water partition coefficient (Wildman–Crippen LogP) is 5.10. The van der Waals surface area contributed by atoms with Crippen molar-refractivity contribution in [2.24, 2.45) is 35.3 Å². The van der Waals surface area contributed by atoms with Gasteiger partial charge in [0.05, 0.1) is 0 Å². The highest BCUT2D eigenvalue weighted by atomic mass is 14.5. The van der Waals surface area contributed by atoms with Gasteiger partial charge in [0.15, 0.2) is 0 Å². The fourth-order valence-corrected chi connectivity index (χ4v) is 3.15. The van der Waals surface area contributed by atoms with E-state index in [0.29, 0.717) is 0 Å². The fourth-order valence-electron chi connectivity index (χ4n) is 3.15. The Morgan fingerprint density at radius 1 is 0.833 bits per heavy atom. The maximum absolute atomic E-state index is 5.75. The highest BCUT2D eigenvalue weighted by molar-refractivity contribution is 4.74. The van der Waals surface area contributed by atoms with Crippen LogP contribution in [-0.4, -0.2) is 6.54 Å². The normalized spacial score (nSPS) is 17.2. The zero-order valence-corrected chi connectivity index (χ0v) is 13.7. The number of nitrogens with two attached hydrogens (primary N) is 1. The van der Waals surface area contributed by atoms with Crippen LogP contribution in [0.15, 0.2) is 0 Å². The molecule has 0 fully saturated rings. The summed E-state index contributed by atoms with van der Waals surface area (Å²) >= 11 is 0. The minimum Gasteiger partial charge on any atom is -0.330 e. The fraction of sp³-hybridized carbons (Fsp3) is 1.00. The lowest BCUT2D eigenvalue weighted by molar-refractivity contribution is 0.198. The van der Waals surface area contributed by atoms with E-state index < -0.39 is 0 Å². The molecule has 0 aliphatic heterocycles. The van der Waals surface area contributed by atoms with Gasteiger partial charge in [-0.3, -0.25) is 0 Å². The summed E-state index contributed by atoms with van der Waals surface area (Å²) in [7, 11) is 0. The van der Waals surface area contributed by atoms with Gasteiger partial charge >= 0.3 is 0 Å². The van der Waals surface area contributed by atoms with Gasteiger partial charge in [-0.25, -0.2) is 0 Å². The molecule has 0 amide bonds. The van der Waals surface area contributed by atoms with E-state index in [2.05, 4.69) is 41.5 Å². The first kappa shape index (κ1) is 18.0. The second-order valence-corrected chi connectivity index (χ2v) is 6.97. The van der Waals surface area contributed by atoms with Crippen molar-refractivity contribution in [3.05, 3.63) is 0 Å². The van der Waals surface area contributed by atoms with Crippen LogP contribution in [0.3, 0.4) is 0 Å². The molecule has 0 radical (unpaired) electrons. The number of hydrogen-bond donors (Lipinski definition) is 1. The molecule has 3 unspecified atom stereocenters. The van der Waals surface area contributed by atoms with Crippen LogP contribution in [0.4, 0.5) is 0 Å². The standard InChI is InChI=1S/C17H37N/c1-7-8-16(14(4)5)12-17(11-13(2)3)15(6)9-10-18/h13-17H,7-12,18H2,1-6H3. The second kappa shape index (κ2) is 9.83. The van der Waals surface area contributed by atoms with Gasteiger partial charge < -0.3 is 5.73 Å². The topological polar surface area (TPSA) is 26.0 Å². The van der Waals surface area contributed by atoms with E-state index in [1.54, 1.807) is 0 Å². The molecule has 3 atom stereocenters. The summed E-state index contributed by atoms with van der Waals surface area (Å²) in [5.74, 6) is 4.19. The van der Waals surface area contributed by atoms with Crippen LogP contribution in [0.25, 0.3) is 0 Å². The van der Waals surface area contributed by atoms with Crippen LogP contribution >= 0.6 is 0 Å². The minimum atomic E-state index is 0.788. The van der Waals surface area contributed by atoms with E-state index in [9.17, 15) is 0 Å². The molecule has 0 bridgehead atoms. The van der Waals surface area contributed by atoms with Crippen molar-refractivity contribution in [3.8, 4) is 0 Å². The van der Waals surface area contributed by atoms with Crippen molar-refractivity contribution in [2.45, 2.75) is 73.6 Å². The zero-order chi connectivity index (χ0) is 14.1. The first-order chi connectivity index (χ1) is 8.42. The van der Waals surface area contributed by atoms with Crippen LogP contribution in [0.1, 0.15) is 73.6 Å². The second-order valence-electron chi connectivity index (χ2n) is 6.97.